The van der Waals surface area contributed by atoms with E-state index in [1.165, 1.54) is 12.1 Å². The molecule has 0 atom stereocenters. The highest BCUT2D eigenvalue weighted by molar-refractivity contribution is 6.07. The molecule has 0 N–H and O–H groups in total. The van der Waals surface area contributed by atoms with Crippen molar-refractivity contribution in [3.05, 3.63) is 71.3 Å². The maximum Gasteiger partial charge on any atom is 0.185 e. The number of hydrogen-bond donors (Lipinski definition) is 0. The molecule has 0 aliphatic heterocycles. The quantitative estimate of drug-likeness (QED) is 0.627. The number of hydrogen-bond acceptors (Lipinski definition) is 2. The molecule has 0 radical (unpaired) electrons. The number of benzene rings is 2. The summed E-state index contributed by atoms with van der Waals surface area (Å²) in [5.74, 6) is -1.69. The number of rotatable bonds is 4. The monoisotopic (exact) mass is 287 g/mol. The van der Waals surface area contributed by atoms with E-state index in [-0.39, 0.29) is 11.3 Å². The molecule has 0 saturated carbocycles. The Labute approximate surface area is 122 Å². The first-order valence-electron chi connectivity index (χ1n) is 6.43. The van der Waals surface area contributed by atoms with Crippen LogP contribution in [0.2, 0.25) is 0 Å². The van der Waals surface area contributed by atoms with Crippen LogP contribution < -0.4 is 4.90 Å². The Hall–Kier alpha value is -2.49. The minimum absolute atomic E-state index is 0.212. The van der Waals surface area contributed by atoms with E-state index in [1.807, 2.05) is 31.1 Å². The molecule has 0 saturated heterocycles. The van der Waals surface area contributed by atoms with Crippen LogP contribution in [0, 0.1) is 11.6 Å². The molecule has 0 fully saturated rings. The van der Waals surface area contributed by atoms with Gasteiger partial charge in [-0.2, -0.15) is 0 Å². The lowest BCUT2D eigenvalue weighted by Crippen LogP contribution is -2.08. The Bertz CT molecular complexity index is 655. The molecule has 2 rings (SSSR count). The van der Waals surface area contributed by atoms with Crippen molar-refractivity contribution in [2.75, 3.05) is 19.0 Å². The maximum absolute atomic E-state index is 13.4. The van der Waals surface area contributed by atoms with Crippen LogP contribution in [-0.4, -0.2) is 19.9 Å². The maximum atomic E-state index is 13.4. The molecule has 0 bridgehead atoms. The van der Waals surface area contributed by atoms with Crippen molar-refractivity contribution >= 4 is 17.5 Å². The van der Waals surface area contributed by atoms with Gasteiger partial charge in [0.1, 0.15) is 11.6 Å². The third-order valence-electron chi connectivity index (χ3n) is 3.07. The van der Waals surface area contributed by atoms with E-state index in [0.717, 1.165) is 23.9 Å². The van der Waals surface area contributed by atoms with Crippen molar-refractivity contribution in [2.45, 2.75) is 0 Å². The number of nitrogens with zero attached hydrogens (tertiary/aromatic N) is 1. The van der Waals surface area contributed by atoms with E-state index in [2.05, 4.69) is 0 Å². The molecule has 0 spiro atoms. The second kappa shape index (κ2) is 6.31. The van der Waals surface area contributed by atoms with Crippen LogP contribution in [-0.2, 0) is 0 Å². The second-order valence-corrected chi connectivity index (χ2v) is 4.77. The van der Waals surface area contributed by atoms with Gasteiger partial charge in [0.15, 0.2) is 5.78 Å². The number of carbonyl (C=O) groups is 1. The molecular formula is C17H15F2NO. The van der Waals surface area contributed by atoms with Crippen molar-refractivity contribution in [3.63, 3.8) is 0 Å². The van der Waals surface area contributed by atoms with Crippen LogP contribution in [0.4, 0.5) is 14.5 Å². The summed E-state index contributed by atoms with van der Waals surface area (Å²) in [5, 5.41) is 0. The van der Waals surface area contributed by atoms with Crippen LogP contribution in [0.15, 0.2) is 48.5 Å². The smallest absolute Gasteiger partial charge is 0.185 e. The first kappa shape index (κ1) is 14.9. The summed E-state index contributed by atoms with van der Waals surface area (Å²) in [4.78, 5) is 13.9. The van der Waals surface area contributed by atoms with Gasteiger partial charge in [-0.1, -0.05) is 6.07 Å². The highest BCUT2D eigenvalue weighted by atomic mass is 19.1. The normalized spacial score (nSPS) is 10.9. The molecule has 108 valence electrons. The van der Waals surface area contributed by atoms with Gasteiger partial charge in [-0.05, 0) is 48.6 Å². The summed E-state index contributed by atoms with van der Waals surface area (Å²) in [5.41, 5.74) is 1.22. The summed E-state index contributed by atoms with van der Waals surface area (Å²) in [6.07, 6.45) is 2.33. The summed E-state index contributed by atoms with van der Waals surface area (Å²) in [6.45, 7) is 0. The predicted octanol–water partition coefficient (Wildman–Crippen LogP) is 3.93. The molecule has 4 heteroatoms. The van der Waals surface area contributed by atoms with E-state index in [9.17, 15) is 13.6 Å². The average Bonchev–Trinajstić information content (AvgIpc) is 2.46. The summed E-state index contributed by atoms with van der Waals surface area (Å²) >= 11 is 0. The topological polar surface area (TPSA) is 20.3 Å². The molecule has 2 aromatic rings. The number of carbonyl (C=O) groups excluding carboxylic acids is 1. The highest BCUT2D eigenvalue weighted by Gasteiger charge is 2.07. The first-order chi connectivity index (χ1) is 9.99. The van der Waals surface area contributed by atoms with E-state index in [4.69, 9.17) is 0 Å². The van der Waals surface area contributed by atoms with Crippen molar-refractivity contribution in [1.29, 1.82) is 0 Å². The standard InChI is InChI=1S/C17H15F2NO/c1-20(2)13-8-6-12(7-9-13)17(21)11-10-14-15(18)4-3-5-16(14)19/h3-11H,1-2H3/b11-10+. The lowest BCUT2D eigenvalue weighted by molar-refractivity contribution is 0.104. The van der Waals surface area contributed by atoms with Gasteiger partial charge in [-0.25, -0.2) is 8.78 Å². The second-order valence-electron chi connectivity index (χ2n) is 4.77. The molecule has 0 heterocycles. The number of anilines is 1. The van der Waals surface area contributed by atoms with Gasteiger partial charge >= 0.3 is 0 Å². The summed E-state index contributed by atoms with van der Waals surface area (Å²) < 4.78 is 26.9. The molecule has 2 nitrogen and oxygen atoms in total. The fourth-order valence-corrected chi connectivity index (χ4v) is 1.85. The Morgan fingerprint density at radius 3 is 2.10 bits per heavy atom. The number of halogens is 2. The third kappa shape index (κ3) is 3.54. The lowest BCUT2D eigenvalue weighted by atomic mass is 10.1. The van der Waals surface area contributed by atoms with E-state index < -0.39 is 11.6 Å². The summed E-state index contributed by atoms with van der Waals surface area (Å²) in [7, 11) is 3.80. The van der Waals surface area contributed by atoms with Crippen molar-refractivity contribution in [1.82, 2.24) is 0 Å². The van der Waals surface area contributed by atoms with Gasteiger partial charge in [0, 0.05) is 30.9 Å². The van der Waals surface area contributed by atoms with E-state index in [1.54, 1.807) is 12.1 Å². The zero-order chi connectivity index (χ0) is 15.4. The minimum atomic E-state index is -0.693. The zero-order valence-electron chi connectivity index (χ0n) is 11.8. The van der Waals surface area contributed by atoms with Crippen molar-refractivity contribution in [3.8, 4) is 0 Å². The van der Waals surface area contributed by atoms with Gasteiger partial charge in [0.25, 0.3) is 0 Å². The zero-order valence-corrected chi connectivity index (χ0v) is 11.8. The van der Waals surface area contributed by atoms with Crippen molar-refractivity contribution in [2.24, 2.45) is 0 Å². The number of allylic oxidation sites excluding steroid dienone is 1. The predicted molar refractivity (Wildman–Crippen MR) is 80.5 cm³/mol. The van der Waals surface area contributed by atoms with Gasteiger partial charge in [0.2, 0.25) is 0 Å². The van der Waals surface area contributed by atoms with Gasteiger partial charge in [0.05, 0.1) is 0 Å². The average molecular weight is 287 g/mol. The SMILES string of the molecule is CN(C)c1ccc(C(=O)/C=C/c2c(F)cccc2F)cc1. The fraction of sp³-hybridized carbons (Fsp3) is 0.118. The molecule has 0 unspecified atom stereocenters. The summed E-state index contributed by atoms with van der Waals surface area (Å²) in [6, 6.07) is 10.6. The molecular weight excluding hydrogens is 272 g/mol. The molecule has 0 aliphatic rings. The van der Waals surface area contributed by atoms with Crippen molar-refractivity contribution < 1.29 is 13.6 Å². The lowest BCUT2D eigenvalue weighted by Gasteiger charge is -2.11. The van der Waals surface area contributed by atoms with Crippen LogP contribution in [0.25, 0.3) is 6.08 Å². The molecule has 21 heavy (non-hydrogen) atoms. The van der Waals surface area contributed by atoms with E-state index >= 15 is 0 Å². The Kier molecular flexibility index (Phi) is 4.48. The molecule has 0 aliphatic carbocycles. The van der Waals surface area contributed by atoms with E-state index in [0.29, 0.717) is 5.56 Å². The molecule has 0 amide bonds. The molecule has 2 aromatic carbocycles. The minimum Gasteiger partial charge on any atom is -0.378 e. The van der Waals surface area contributed by atoms with Gasteiger partial charge in [-0.15, -0.1) is 0 Å². The Morgan fingerprint density at radius 2 is 1.57 bits per heavy atom. The Morgan fingerprint density at radius 1 is 1.00 bits per heavy atom. The number of ketones is 1. The van der Waals surface area contributed by atoms with Gasteiger partial charge in [-0.3, -0.25) is 4.79 Å². The first-order valence-corrected chi connectivity index (χ1v) is 6.43. The highest BCUT2D eigenvalue weighted by Crippen LogP contribution is 2.16. The third-order valence-corrected chi connectivity index (χ3v) is 3.07. The molecule has 0 aromatic heterocycles. The fourth-order valence-electron chi connectivity index (χ4n) is 1.85. The van der Waals surface area contributed by atoms with Crippen LogP contribution >= 0.6 is 0 Å². The van der Waals surface area contributed by atoms with Crippen LogP contribution in [0.3, 0.4) is 0 Å². The Balaban J connectivity index is 2.19. The largest absolute Gasteiger partial charge is 0.378 e. The van der Waals surface area contributed by atoms with Gasteiger partial charge < -0.3 is 4.90 Å². The van der Waals surface area contributed by atoms with Crippen LogP contribution in [0.1, 0.15) is 15.9 Å². The van der Waals surface area contributed by atoms with Crippen LogP contribution in [0.5, 0.6) is 0 Å².